The van der Waals surface area contributed by atoms with Gasteiger partial charge in [-0.05, 0) is 47.9 Å². The number of rotatable bonds is 7. The maximum Gasteiger partial charge on any atom is 0.314 e. The summed E-state index contributed by atoms with van der Waals surface area (Å²) in [5.74, 6) is 0. The molecular formula is C20H23N3O. The number of H-pyrrole nitrogens is 1. The Labute approximate surface area is 142 Å². The van der Waals surface area contributed by atoms with Crippen LogP contribution in [-0.2, 0) is 12.8 Å². The zero-order valence-corrected chi connectivity index (χ0v) is 13.7. The van der Waals surface area contributed by atoms with Gasteiger partial charge in [0.1, 0.15) is 0 Å². The smallest absolute Gasteiger partial charge is 0.314 e. The van der Waals surface area contributed by atoms with E-state index in [-0.39, 0.29) is 6.03 Å². The van der Waals surface area contributed by atoms with Crippen LogP contribution in [0.1, 0.15) is 17.5 Å². The lowest BCUT2D eigenvalue weighted by Crippen LogP contribution is -2.37. The minimum Gasteiger partial charge on any atom is -0.361 e. The molecular weight excluding hydrogens is 298 g/mol. The molecule has 0 bridgehead atoms. The maximum absolute atomic E-state index is 11.8. The van der Waals surface area contributed by atoms with Crippen LogP contribution in [0.15, 0.2) is 60.8 Å². The lowest BCUT2D eigenvalue weighted by molar-refractivity contribution is 0.241. The molecule has 0 aliphatic carbocycles. The standard InChI is InChI=1S/C20H23N3O/c24-20(22-12-4-7-16-5-2-1-3-6-16)23-13-10-17-8-9-18-11-14-21-19(18)15-17/h1-3,5-6,8-9,11,14-15,21H,4,7,10,12-13H2,(H2,22,23,24). The molecule has 0 saturated carbocycles. The Morgan fingerprint density at radius 3 is 2.58 bits per heavy atom. The number of amides is 2. The van der Waals surface area contributed by atoms with E-state index < -0.39 is 0 Å². The molecule has 3 aromatic rings. The van der Waals surface area contributed by atoms with Gasteiger partial charge in [0.05, 0.1) is 0 Å². The minimum atomic E-state index is -0.0935. The highest BCUT2D eigenvalue weighted by atomic mass is 16.2. The van der Waals surface area contributed by atoms with Gasteiger partial charge in [-0.25, -0.2) is 4.79 Å². The molecule has 2 aromatic carbocycles. The second kappa shape index (κ2) is 8.20. The van der Waals surface area contributed by atoms with Crippen molar-refractivity contribution < 1.29 is 4.79 Å². The molecule has 1 heterocycles. The van der Waals surface area contributed by atoms with E-state index in [0.29, 0.717) is 13.1 Å². The zero-order valence-electron chi connectivity index (χ0n) is 13.7. The zero-order chi connectivity index (χ0) is 16.6. The summed E-state index contributed by atoms with van der Waals surface area (Å²) in [7, 11) is 0. The van der Waals surface area contributed by atoms with Crippen LogP contribution >= 0.6 is 0 Å². The molecule has 0 aliphatic heterocycles. The van der Waals surface area contributed by atoms with Crippen molar-refractivity contribution in [2.75, 3.05) is 13.1 Å². The highest BCUT2D eigenvalue weighted by Crippen LogP contribution is 2.14. The second-order valence-electron chi connectivity index (χ2n) is 5.92. The third kappa shape index (κ3) is 4.62. The average Bonchev–Trinajstić information content (AvgIpc) is 3.07. The van der Waals surface area contributed by atoms with E-state index in [4.69, 9.17) is 0 Å². The van der Waals surface area contributed by atoms with Gasteiger partial charge in [-0.1, -0.05) is 42.5 Å². The number of urea groups is 1. The summed E-state index contributed by atoms with van der Waals surface area (Å²) in [4.78, 5) is 15.0. The number of fused-ring (bicyclic) bond motifs is 1. The highest BCUT2D eigenvalue weighted by molar-refractivity contribution is 5.79. The van der Waals surface area contributed by atoms with Gasteiger partial charge in [0.2, 0.25) is 0 Å². The Morgan fingerprint density at radius 2 is 1.71 bits per heavy atom. The largest absolute Gasteiger partial charge is 0.361 e. The van der Waals surface area contributed by atoms with Gasteiger partial charge in [0.15, 0.2) is 0 Å². The molecule has 0 fully saturated rings. The van der Waals surface area contributed by atoms with Crippen LogP contribution < -0.4 is 10.6 Å². The van der Waals surface area contributed by atoms with Crippen molar-refractivity contribution in [1.82, 2.24) is 15.6 Å². The molecule has 0 spiro atoms. The first-order valence-corrected chi connectivity index (χ1v) is 8.43. The Kier molecular flexibility index (Phi) is 5.51. The molecule has 0 unspecified atom stereocenters. The van der Waals surface area contributed by atoms with Crippen LogP contribution in [0, 0.1) is 0 Å². The third-order valence-electron chi connectivity index (χ3n) is 4.09. The number of aromatic amines is 1. The van der Waals surface area contributed by atoms with Crippen molar-refractivity contribution >= 4 is 16.9 Å². The first kappa shape index (κ1) is 16.1. The van der Waals surface area contributed by atoms with Crippen molar-refractivity contribution in [3.63, 3.8) is 0 Å². The summed E-state index contributed by atoms with van der Waals surface area (Å²) in [6.45, 7) is 1.33. The van der Waals surface area contributed by atoms with Crippen molar-refractivity contribution in [2.45, 2.75) is 19.3 Å². The van der Waals surface area contributed by atoms with Gasteiger partial charge in [0, 0.05) is 24.8 Å². The fourth-order valence-corrected chi connectivity index (χ4v) is 2.77. The monoisotopic (exact) mass is 321 g/mol. The molecule has 0 radical (unpaired) electrons. The number of aromatic nitrogens is 1. The van der Waals surface area contributed by atoms with Gasteiger partial charge in [0.25, 0.3) is 0 Å². The molecule has 4 nitrogen and oxygen atoms in total. The van der Waals surface area contributed by atoms with Crippen LogP contribution in [-0.4, -0.2) is 24.1 Å². The van der Waals surface area contributed by atoms with E-state index in [9.17, 15) is 4.79 Å². The van der Waals surface area contributed by atoms with Crippen molar-refractivity contribution in [3.05, 3.63) is 71.9 Å². The number of nitrogens with one attached hydrogen (secondary N) is 3. The Bertz CT molecular complexity index is 780. The van der Waals surface area contributed by atoms with Gasteiger partial charge in [-0.15, -0.1) is 0 Å². The fraction of sp³-hybridized carbons (Fsp3) is 0.250. The number of carbonyl (C=O) groups is 1. The number of hydrogen-bond donors (Lipinski definition) is 3. The van der Waals surface area contributed by atoms with Crippen molar-refractivity contribution in [1.29, 1.82) is 0 Å². The molecule has 0 aliphatic rings. The molecule has 3 N–H and O–H groups in total. The summed E-state index contributed by atoms with van der Waals surface area (Å²) >= 11 is 0. The van der Waals surface area contributed by atoms with Gasteiger partial charge in [-0.3, -0.25) is 0 Å². The molecule has 24 heavy (non-hydrogen) atoms. The van der Waals surface area contributed by atoms with E-state index >= 15 is 0 Å². The minimum absolute atomic E-state index is 0.0935. The Hall–Kier alpha value is -2.75. The van der Waals surface area contributed by atoms with Crippen LogP contribution in [0.4, 0.5) is 4.79 Å². The second-order valence-corrected chi connectivity index (χ2v) is 5.92. The van der Waals surface area contributed by atoms with Gasteiger partial charge in [-0.2, -0.15) is 0 Å². The van der Waals surface area contributed by atoms with Crippen molar-refractivity contribution in [3.8, 4) is 0 Å². The predicted molar refractivity (Wildman–Crippen MR) is 98.2 cm³/mol. The van der Waals surface area contributed by atoms with Crippen LogP contribution in [0.5, 0.6) is 0 Å². The molecule has 0 atom stereocenters. The molecule has 0 saturated heterocycles. The molecule has 2 amide bonds. The number of hydrogen-bond acceptors (Lipinski definition) is 1. The lowest BCUT2D eigenvalue weighted by atomic mass is 10.1. The third-order valence-corrected chi connectivity index (χ3v) is 4.09. The SMILES string of the molecule is O=C(NCCCc1ccccc1)NCCc1ccc2cc[nH]c2c1. The number of carbonyl (C=O) groups excluding carboxylic acids is 1. The Morgan fingerprint density at radius 1 is 0.875 bits per heavy atom. The highest BCUT2D eigenvalue weighted by Gasteiger charge is 2.01. The van der Waals surface area contributed by atoms with Crippen LogP contribution in [0.2, 0.25) is 0 Å². The Balaban J connectivity index is 1.32. The van der Waals surface area contributed by atoms with Gasteiger partial charge >= 0.3 is 6.03 Å². The maximum atomic E-state index is 11.8. The van der Waals surface area contributed by atoms with E-state index in [2.05, 4.69) is 52.0 Å². The van der Waals surface area contributed by atoms with Crippen LogP contribution in [0.3, 0.4) is 0 Å². The summed E-state index contributed by atoms with van der Waals surface area (Å²) < 4.78 is 0. The molecule has 1 aromatic heterocycles. The van der Waals surface area contributed by atoms with Crippen molar-refractivity contribution in [2.24, 2.45) is 0 Å². The first-order chi connectivity index (χ1) is 11.8. The predicted octanol–water partition coefficient (Wildman–Crippen LogP) is 3.64. The van der Waals surface area contributed by atoms with E-state index in [1.54, 1.807) is 0 Å². The number of aryl methyl sites for hydroxylation is 1. The molecule has 4 heteroatoms. The topological polar surface area (TPSA) is 56.9 Å². The average molecular weight is 321 g/mol. The molecule has 124 valence electrons. The fourth-order valence-electron chi connectivity index (χ4n) is 2.77. The normalized spacial score (nSPS) is 10.7. The first-order valence-electron chi connectivity index (χ1n) is 8.43. The van der Waals surface area contributed by atoms with E-state index in [1.165, 1.54) is 16.5 Å². The number of benzene rings is 2. The quantitative estimate of drug-likeness (QED) is 0.572. The summed E-state index contributed by atoms with van der Waals surface area (Å²) in [6.07, 6.45) is 4.69. The lowest BCUT2D eigenvalue weighted by Gasteiger charge is -2.08. The van der Waals surface area contributed by atoms with Crippen LogP contribution in [0.25, 0.3) is 10.9 Å². The summed E-state index contributed by atoms with van der Waals surface area (Å²) in [6, 6.07) is 18.6. The summed E-state index contributed by atoms with van der Waals surface area (Å²) in [5.41, 5.74) is 3.66. The van der Waals surface area contributed by atoms with E-state index in [0.717, 1.165) is 24.8 Å². The summed E-state index contributed by atoms with van der Waals surface area (Å²) in [5, 5.41) is 7.03. The van der Waals surface area contributed by atoms with E-state index in [1.807, 2.05) is 24.4 Å². The van der Waals surface area contributed by atoms with Gasteiger partial charge < -0.3 is 15.6 Å². The molecule has 3 rings (SSSR count).